The fourth-order valence-electron chi connectivity index (χ4n) is 2.44. The Morgan fingerprint density at radius 1 is 1.00 bits per heavy atom. The molecule has 0 radical (unpaired) electrons. The van der Waals surface area contributed by atoms with E-state index in [-0.39, 0.29) is 0 Å². The number of rotatable bonds is 1. The van der Waals surface area contributed by atoms with E-state index in [9.17, 15) is 0 Å². The van der Waals surface area contributed by atoms with Gasteiger partial charge in [-0.1, -0.05) is 42.5 Å². The summed E-state index contributed by atoms with van der Waals surface area (Å²) in [6, 6.07) is 17.6. The van der Waals surface area contributed by atoms with Crippen molar-refractivity contribution in [2.75, 3.05) is 5.32 Å². The maximum absolute atomic E-state index is 3.59. The zero-order chi connectivity index (χ0) is 11.0. The molecule has 0 spiro atoms. The number of hydrogen-bond acceptors (Lipinski definition) is 1. The number of nitrogens with one attached hydrogen (secondary N) is 1. The highest BCUT2D eigenvalue weighted by molar-refractivity contribution is 5.60. The van der Waals surface area contributed by atoms with Crippen LogP contribution >= 0.6 is 0 Å². The highest BCUT2D eigenvalue weighted by Gasteiger charge is 2.22. The minimum absolute atomic E-state index is 0.442. The second kappa shape index (κ2) is 3.67. The molecule has 1 nitrogen and oxygen atoms in total. The van der Waals surface area contributed by atoms with E-state index >= 15 is 0 Å². The lowest BCUT2D eigenvalue weighted by atomic mass is 10.0. The van der Waals surface area contributed by atoms with Crippen molar-refractivity contribution in [3.8, 4) is 0 Å². The van der Waals surface area contributed by atoms with Crippen molar-refractivity contribution in [3.05, 3.63) is 65.2 Å². The van der Waals surface area contributed by atoms with Crippen LogP contribution in [-0.2, 0) is 6.42 Å². The first kappa shape index (κ1) is 9.46. The molecule has 3 rings (SSSR count). The molecule has 1 aliphatic rings. The van der Waals surface area contributed by atoms with Crippen LogP contribution in [0.5, 0.6) is 0 Å². The molecule has 0 saturated carbocycles. The van der Waals surface area contributed by atoms with E-state index in [0.717, 1.165) is 6.42 Å². The molecule has 80 valence electrons. The van der Waals surface area contributed by atoms with Gasteiger partial charge in [0.1, 0.15) is 0 Å². The molecule has 1 aliphatic heterocycles. The van der Waals surface area contributed by atoms with Gasteiger partial charge < -0.3 is 5.32 Å². The third kappa shape index (κ3) is 1.49. The Balaban J connectivity index is 1.94. The zero-order valence-electron chi connectivity index (χ0n) is 9.40. The minimum atomic E-state index is 0.442. The maximum atomic E-state index is 3.59. The van der Waals surface area contributed by atoms with E-state index in [1.807, 2.05) is 0 Å². The minimum Gasteiger partial charge on any atom is -0.378 e. The molecule has 2 aromatic carbocycles. The van der Waals surface area contributed by atoms with Crippen LogP contribution < -0.4 is 5.32 Å². The molecule has 1 atom stereocenters. The lowest BCUT2D eigenvalue weighted by molar-refractivity contribution is 0.821. The molecule has 0 bridgehead atoms. The standard InChI is InChI=1S/C15H15N/c1-11-6-5-9-14-13(11)10-15(16-14)12-7-3-2-4-8-12/h2-9,15-16H,10H2,1H3. The van der Waals surface area contributed by atoms with E-state index in [1.54, 1.807) is 0 Å². The number of anilines is 1. The molecule has 0 amide bonds. The van der Waals surface area contributed by atoms with E-state index in [2.05, 4.69) is 60.8 Å². The van der Waals surface area contributed by atoms with Gasteiger partial charge in [0.15, 0.2) is 0 Å². The first-order chi connectivity index (χ1) is 7.84. The molecule has 0 aromatic heterocycles. The molecule has 1 heteroatoms. The normalized spacial score (nSPS) is 17.9. The number of aryl methyl sites for hydroxylation is 1. The molecular formula is C15H15N. The number of hydrogen-bond donors (Lipinski definition) is 1. The molecule has 1 N–H and O–H groups in total. The van der Waals surface area contributed by atoms with Gasteiger partial charge >= 0.3 is 0 Å². The van der Waals surface area contributed by atoms with Gasteiger partial charge in [-0.05, 0) is 36.1 Å². The number of benzene rings is 2. The predicted octanol–water partition coefficient (Wildman–Crippen LogP) is 3.70. The van der Waals surface area contributed by atoms with Gasteiger partial charge in [-0.15, -0.1) is 0 Å². The van der Waals surface area contributed by atoms with Gasteiger partial charge in [0.05, 0.1) is 6.04 Å². The van der Waals surface area contributed by atoms with Gasteiger partial charge in [0.2, 0.25) is 0 Å². The van der Waals surface area contributed by atoms with Crippen molar-refractivity contribution in [1.29, 1.82) is 0 Å². The van der Waals surface area contributed by atoms with Crippen LogP contribution in [0.2, 0.25) is 0 Å². The van der Waals surface area contributed by atoms with Crippen LogP contribution in [-0.4, -0.2) is 0 Å². The topological polar surface area (TPSA) is 12.0 Å². The van der Waals surface area contributed by atoms with E-state index in [0.29, 0.717) is 6.04 Å². The smallest absolute Gasteiger partial charge is 0.0555 e. The summed E-state index contributed by atoms with van der Waals surface area (Å²) in [5.74, 6) is 0. The Kier molecular flexibility index (Phi) is 2.17. The highest BCUT2D eigenvalue weighted by Crippen LogP contribution is 2.35. The van der Waals surface area contributed by atoms with Crippen molar-refractivity contribution >= 4 is 5.69 Å². The first-order valence-electron chi connectivity index (χ1n) is 5.74. The molecule has 1 heterocycles. The average molecular weight is 209 g/mol. The fourth-order valence-corrected chi connectivity index (χ4v) is 2.44. The molecule has 0 aliphatic carbocycles. The van der Waals surface area contributed by atoms with Gasteiger partial charge in [-0.3, -0.25) is 0 Å². The van der Waals surface area contributed by atoms with Crippen molar-refractivity contribution in [1.82, 2.24) is 0 Å². The summed E-state index contributed by atoms with van der Waals surface area (Å²) in [4.78, 5) is 0. The van der Waals surface area contributed by atoms with Crippen LogP contribution in [0.15, 0.2) is 48.5 Å². The van der Waals surface area contributed by atoms with Gasteiger partial charge in [-0.25, -0.2) is 0 Å². The SMILES string of the molecule is Cc1cccc2c1CC(c1ccccc1)N2. The zero-order valence-corrected chi connectivity index (χ0v) is 9.40. The number of fused-ring (bicyclic) bond motifs is 1. The van der Waals surface area contributed by atoms with Crippen molar-refractivity contribution in [2.45, 2.75) is 19.4 Å². The summed E-state index contributed by atoms with van der Waals surface area (Å²) in [6.45, 7) is 2.19. The van der Waals surface area contributed by atoms with Crippen LogP contribution in [0.4, 0.5) is 5.69 Å². The molecule has 16 heavy (non-hydrogen) atoms. The average Bonchev–Trinajstić information content (AvgIpc) is 2.76. The van der Waals surface area contributed by atoms with E-state index in [4.69, 9.17) is 0 Å². The van der Waals surface area contributed by atoms with E-state index in [1.165, 1.54) is 22.4 Å². The molecule has 0 saturated heterocycles. The quantitative estimate of drug-likeness (QED) is 0.755. The molecular weight excluding hydrogens is 194 g/mol. The monoisotopic (exact) mass is 209 g/mol. The lowest BCUT2D eigenvalue weighted by Gasteiger charge is -2.10. The van der Waals surface area contributed by atoms with Crippen LogP contribution in [0, 0.1) is 6.92 Å². The van der Waals surface area contributed by atoms with E-state index < -0.39 is 0 Å². The second-order valence-electron chi connectivity index (χ2n) is 4.41. The Bertz CT molecular complexity index is 502. The van der Waals surface area contributed by atoms with Gasteiger partial charge in [0, 0.05) is 5.69 Å². The summed E-state index contributed by atoms with van der Waals surface area (Å²) in [6.07, 6.45) is 1.10. The Hall–Kier alpha value is -1.76. The van der Waals surface area contributed by atoms with Crippen LogP contribution in [0.3, 0.4) is 0 Å². The Labute approximate surface area is 96.1 Å². The van der Waals surface area contributed by atoms with Gasteiger partial charge in [0.25, 0.3) is 0 Å². The Morgan fingerprint density at radius 2 is 1.81 bits per heavy atom. The third-order valence-electron chi connectivity index (χ3n) is 3.35. The van der Waals surface area contributed by atoms with Crippen molar-refractivity contribution < 1.29 is 0 Å². The van der Waals surface area contributed by atoms with Crippen molar-refractivity contribution in [3.63, 3.8) is 0 Å². The van der Waals surface area contributed by atoms with Crippen LogP contribution in [0.1, 0.15) is 22.7 Å². The largest absolute Gasteiger partial charge is 0.378 e. The lowest BCUT2D eigenvalue weighted by Crippen LogP contribution is -2.04. The summed E-state index contributed by atoms with van der Waals surface area (Å²) < 4.78 is 0. The summed E-state index contributed by atoms with van der Waals surface area (Å²) in [5.41, 5.74) is 5.53. The molecule has 1 unspecified atom stereocenters. The predicted molar refractivity (Wildman–Crippen MR) is 67.7 cm³/mol. The summed E-state index contributed by atoms with van der Waals surface area (Å²) >= 11 is 0. The van der Waals surface area contributed by atoms with Crippen LogP contribution in [0.25, 0.3) is 0 Å². The fraction of sp³-hybridized carbons (Fsp3) is 0.200. The van der Waals surface area contributed by atoms with Gasteiger partial charge in [-0.2, -0.15) is 0 Å². The Morgan fingerprint density at radius 3 is 2.56 bits per heavy atom. The second-order valence-corrected chi connectivity index (χ2v) is 4.41. The maximum Gasteiger partial charge on any atom is 0.0555 e. The third-order valence-corrected chi connectivity index (χ3v) is 3.35. The summed E-state index contributed by atoms with van der Waals surface area (Å²) in [5, 5.41) is 3.59. The summed E-state index contributed by atoms with van der Waals surface area (Å²) in [7, 11) is 0. The highest BCUT2D eigenvalue weighted by atomic mass is 14.9. The van der Waals surface area contributed by atoms with Crippen molar-refractivity contribution in [2.24, 2.45) is 0 Å². The molecule has 2 aromatic rings. The first-order valence-corrected chi connectivity index (χ1v) is 5.74. The molecule has 0 fully saturated rings.